The first-order valence-electron chi connectivity index (χ1n) is 6.76. The highest BCUT2D eigenvalue weighted by Crippen LogP contribution is 2.24. The molecule has 0 saturated heterocycles. The van der Waals surface area contributed by atoms with Crippen LogP contribution in [0.5, 0.6) is 5.75 Å². The first-order valence-corrected chi connectivity index (χ1v) is 8.37. The summed E-state index contributed by atoms with van der Waals surface area (Å²) >= 11 is 7.37. The average molecular weight is 345 g/mol. The van der Waals surface area contributed by atoms with E-state index in [1.165, 1.54) is 17.8 Å². The Morgan fingerprint density at radius 1 is 1.17 bits per heavy atom. The molecule has 7 heteroatoms. The van der Waals surface area contributed by atoms with Gasteiger partial charge in [0.25, 0.3) is 0 Å². The molecular formula is C16H13ClN4OS. The van der Waals surface area contributed by atoms with Crippen LogP contribution in [0, 0.1) is 0 Å². The van der Waals surface area contributed by atoms with Crippen LogP contribution in [0.25, 0.3) is 11.4 Å². The molecule has 0 spiro atoms. The zero-order valence-corrected chi connectivity index (χ0v) is 13.8. The molecule has 1 heterocycles. The largest absolute Gasteiger partial charge is 0.506 e. The van der Waals surface area contributed by atoms with Crippen molar-refractivity contribution in [3.05, 3.63) is 59.1 Å². The molecule has 0 atom stereocenters. The lowest BCUT2D eigenvalue weighted by Crippen LogP contribution is -1.96. The number of phenolic OH excluding ortho intramolecular Hbond substituents is 1. The first-order chi connectivity index (χ1) is 11.2. The van der Waals surface area contributed by atoms with E-state index < -0.39 is 0 Å². The maximum atomic E-state index is 9.47. The summed E-state index contributed by atoms with van der Waals surface area (Å²) in [6, 6.07) is 14.6. The van der Waals surface area contributed by atoms with E-state index in [1.807, 2.05) is 36.6 Å². The Balaban J connectivity index is 2.00. The minimum Gasteiger partial charge on any atom is -0.506 e. The molecule has 0 fully saturated rings. The van der Waals surface area contributed by atoms with Crippen molar-refractivity contribution in [3.63, 3.8) is 0 Å². The van der Waals surface area contributed by atoms with Crippen molar-refractivity contribution in [2.75, 3.05) is 6.26 Å². The van der Waals surface area contributed by atoms with Gasteiger partial charge in [0.05, 0.1) is 11.2 Å². The van der Waals surface area contributed by atoms with E-state index >= 15 is 0 Å². The van der Waals surface area contributed by atoms with Gasteiger partial charge in [-0.15, -0.1) is 10.2 Å². The van der Waals surface area contributed by atoms with Gasteiger partial charge in [-0.2, -0.15) is 9.78 Å². The van der Waals surface area contributed by atoms with Crippen LogP contribution in [0.4, 0.5) is 0 Å². The van der Waals surface area contributed by atoms with Gasteiger partial charge in [0.1, 0.15) is 5.75 Å². The van der Waals surface area contributed by atoms with Crippen LogP contribution in [0.1, 0.15) is 5.56 Å². The summed E-state index contributed by atoms with van der Waals surface area (Å²) in [5, 5.41) is 23.3. The third-order valence-corrected chi connectivity index (χ3v) is 4.04. The smallest absolute Gasteiger partial charge is 0.212 e. The van der Waals surface area contributed by atoms with Crippen LogP contribution in [0.15, 0.2) is 58.8 Å². The van der Waals surface area contributed by atoms with Gasteiger partial charge >= 0.3 is 0 Å². The number of thioether (sulfide) groups is 1. The molecule has 3 rings (SSSR count). The third-order valence-electron chi connectivity index (χ3n) is 3.12. The topological polar surface area (TPSA) is 63.3 Å². The van der Waals surface area contributed by atoms with E-state index in [0.29, 0.717) is 11.0 Å². The number of hydrogen-bond acceptors (Lipinski definition) is 5. The van der Waals surface area contributed by atoms with E-state index in [-0.39, 0.29) is 10.8 Å². The van der Waals surface area contributed by atoms with Crippen molar-refractivity contribution in [2.45, 2.75) is 5.16 Å². The molecule has 0 saturated carbocycles. The second kappa shape index (κ2) is 6.85. The minimum atomic E-state index is 0.0443. The Labute approximate surface area is 142 Å². The summed E-state index contributed by atoms with van der Waals surface area (Å²) < 4.78 is 1.68. The highest BCUT2D eigenvalue weighted by Gasteiger charge is 2.12. The zero-order chi connectivity index (χ0) is 16.2. The molecule has 0 radical (unpaired) electrons. The van der Waals surface area contributed by atoms with Gasteiger partial charge in [0, 0.05) is 5.56 Å². The van der Waals surface area contributed by atoms with Crippen LogP contribution >= 0.6 is 23.4 Å². The second-order valence-corrected chi connectivity index (χ2v) is 5.82. The van der Waals surface area contributed by atoms with E-state index in [2.05, 4.69) is 15.3 Å². The predicted molar refractivity (Wildman–Crippen MR) is 93.3 cm³/mol. The van der Waals surface area contributed by atoms with Crippen molar-refractivity contribution in [3.8, 4) is 17.1 Å². The van der Waals surface area contributed by atoms with E-state index in [0.717, 1.165) is 11.1 Å². The maximum Gasteiger partial charge on any atom is 0.212 e. The highest BCUT2D eigenvalue weighted by atomic mass is 35.5. The normalized spacial score (nSPS) is 11.2. The Morgan fingerprint density at radius 3 is 2.65 bits per heavy atom. The molecule has 0 aliphatic carbocycles. The lowest BCUT2D eigenvalue weighted by Gasteiger charge is -2.03. The average Bonchev–Trinajstić information content (AvgIpc) is 2.99. The van der Waals surface area contributed by atoms with Crippen LogP contribution in [0.3, 0.4) is 0 Å². The van der Waals surface area contributed by atoms with Crippen LogP contribution in [0.2, 0.25) is 5.02 Å². The summed E-state index contributed by atoms with van der Waals surface area (Å²) in [4.78, 5) is 0. The minimum absolute atomic E-state index is 0.0443. The second-order valence-electron chi connectivity index (χ2n) is 4.64. The van der Waals surface area contributed by atoms with Gasteiger partial charge in [0.15, 0.2) is 5.82 Å². The number of hydrogen-bond donors (Lipinski definition) is 1. The Morgan fingerprint density at radius 2 is 1.96 bits per heavy atom. The third kappa shape index (κ3) is 3.38. The SMILES string of the molecule is CSc1nnc(-c2ccccc2)n1/N=C\c1ccc(O)c(Cl)c1. The first kappa shape index (κ1) is 15.6. The summed E-state index contributed by atoms with van der Waals surface area (Å²) in [5.74, 6) is 0.707. The number of halogens is 1. The molecule has 0 unspecified atom stereocenters. The molecule has 0 bridgehead atoms. The Bertz CT molecular complexity index is 849. The number of rotatable bonds is 4. The van der Waals surface area contributed by atoms with Crippen LogP contribution in [-0.2, 0) is 0 Å². The molecular weight excluding hydrogens is 332 g/mol. The van der Waals surface area contributed by atoms with E-state index in [1.54, 1.807) is 23.0 Å². The van der Waals surface area contributed by atoms with Gasteiger partial charge in [-0.25, -0.2) is 0 Å². The zero-order valence-electron chi connectivity index (χ0n) is 12.2. The summed E-state index contributed by atoms with van der Waals surface area (Å²) in [6.45, 7) is 0. The van der Waals surface area contributed by atoms with Crippen molar-refractivity contribution in [1.82, 2.24) is 14.9 Å². The number of aromatic hydroxyl groups is 1. The fourth-order valence-electron chi connectivity index (χ4n) is 1.99. The van der Waals surface area contributed by atoms with E-state index in [9.17, 15) is 5.11 Å². The van der Waals surface area contributed by atoms with Gasteiger partial charge in [-0.3, -0.25) is 0 Å². The fourth-order valence-corrected chi connectivity index (χ4v) is 2.61. The van der Waals surface area contributed by atoms with Gasteiger partial charge in [-0.1, -0.05) is 53.7 Å². The summed E-state index contributed by atoms with van der Waals surface area (Å²) in [5.41, 5.74) is 1.70. The highest BCUT2D eigenvalue weighted by molar-refractivity contribution is 7.98. The molecule has 5 nitrogen and oxygen atoms in total. The van der Waals surface area contributed by atoms with Crippen molar-refractivity contribution >= 4 is 29.6 Å². The van der Waals surface area contributed by atoms with Crippen molar-refractivity contribution in [2.24, 2.45) is 5.10 Å². The maximum absolute atomic E-state index is 9.47. The molecule has 1 aromatic heterocycles. The number of aromatic nitrogens is 3. The van der Waals surface area contributed by atoms with Gasteiger partial charge < -0.3 is 5.11 Å². The molecule has 116 valence electrons. The van der Waals surface area contributed by atoms with Crippen molar-refractivity contribution < 1.29 is 5.11 Å². The number of phenols is 1. The van der Waals surface area contributed by atoms with Crippen molar-refractivity contribution in [1.29, 1.82) is 0 Å². The monoisotopic (exact) mass is 344 g/mol. The lowest BCUT2D eigenvalue weighted by molar-refractivity contribution is 0.475. The van der Waals surface area contributed by atoms with Crippen LogP contribution in [-0.4, -0.2) is 32.5 Å². The molecule has 0 aliphatic heterocycles. The lowest BCUT2D eigenvalue weighted by atomic mass is 10.2. The molecule has 2 aromatic carbocycles. The Hall–Kier alpha value is -2.31. The molecule has 1 N–H and O–H groups in total. The molecule has 3 aromatic rings. The molecule has 0 amide bonds. The summed E-state index contributed by atoms with van der Waals surface area (Å²) in [7, 11) is 0. The molecule has 0 aliphatic rings. The van der Waals surface area contributed by atoms with E-state index in [4.69, 9.17) is 11.6 Å². The summed E-state index contributed by atoms with van der Waals surface area (Å²) in [6.07, 6.45) is 3.57. The molecule has 23 heavy (non-hydrogen) atoms. The number of benzene rings is 2. The fraction of sp³-hybridized carbons (Fsp3) is 0.0625. The quantitative estimate of drug-likeness (QED) is 0.575. The van der Waals surface area contributed by atoms with Crippen LogP contribution < -0.4 is 0 Å². The number of nitrogens with zero attached hydrogens (tertiary/aromatic N) is 4. The van der Waals surface area contributed by atoms with Gasteiger partial charge in [-0.05, 0) is 30.0 Å². The Kier molecular flexibility index (Phi) is 4.64. The standard InChI is InChI=1S/C16H13ClN4OS/c1-23-16-20-19-15(12-5-3-2-4-6-12)21(16)18-10-11-7-8-14(22)13(17)9-11/h2-10,22H,1H3/b18-10-. The van der Waals surface area contributed by atoms with Gasteiger partial charge in [0.2, 0.25) is 5.16 Å². The predicted octanol–water partition coefficient (Wildman–Crippen LogP) is 3.91.